The van der Waals surface area contributed by atoms with E-state index in [0.717, 1.165) is 32.1 Å². The normalized spacial score (nSPS) is 33.9. The molecule has 3 heterocycles. The smallest absolute Gasteiger partial charge is 0.310 e. The lowest BCUT2D eigenvalue weighted by Crippen LogP contribution is -2.56. The zero-order valence-corrected chi connectivity index (χ0v) is 21.0. The number of carbonyl (C=O) groups excluding carboxylic acids is 2. The topological polar surface area (TPSA) is 107 Å². The van der Waals surface area contributed by atoms with Crippen LogP contribution in [-0.4, -0.2) is 81.3 Å². The van der Waals surface area contributed by atoms with Crippen LogP contribution < -0.4 is 0 Å². The van der Waals surface area contributed by atoms with Gasteiger partial charge < -0.3 is 24.7 Å². The molecule has 8 heteroatoms. The van der Waals surface area contributed by atoms with Gasteiger partial charge in [0, 0.05) is 26.2 Å². The molecule has 0 aromatic carbocycles. The van der Waals surface area contributed by atoms with Crippen LogP contribution in [0.4, 0.5) is 0 Å². The van der Waals surface area contributed by atoms with E-state index in [-0.39, 0.29) is 24.3 Å². The number of aliphatic hydroxyl groups excluding tert-OH is 1. The molecule has 0 aromatic rings. The maximum atomic E-state index is 14.1. The number of ether oxygens (including phenoxy) is 1. The van der Waals surface area contributed by atoms with E-state index in [1.54, 1.807) is 22.8 Å². The number of aliphatic carboxylic acids is 1. The Morgan fingerprint density at radius 2 is 1.94 bits per heavy atom. The molecule has 0 saturated carbocycles. The summed E-state index contributed by atoms with van der Waals surface area (Å²) >= 11 is 0. The van der Waals surface area contributed by atoms with Gasteiger partial charge in [0.2, 0.25) is 11.8 Å². The van der Waals surface area contributed by atoms with Crippen LogP contribution in [0, 0.1) is 17.8 Å². The quantitative estimate of drug-likeness (QED) is 0.294. The van der Waals surface area contributed by atoms with Crippen LogP contribution in [0.1, 0.15) is 72.1 Å². The summed E-state index contributed by atoms with van der Waals surface area (Å²) in [6.45, 7) is 11.2. The summed E-state index contributed by atoms with van der Waals surface area (Å²) in [7, 11) is 0. The first-order valence-corrected chi connectivity index (χ1v) is 12.9. The third-order valence-electron chi connectivity index (χ3n) is 8.31. The van der Waals surface area contributed by atoms with Crippen molar-refractivity contribution in [2.75, 3.05) is 26.2 Å². The van der Waals surface area contributed by atoms with Crippen molar-refractivity contribution in [1.82, 2.24) is 9.80 Å². The fourth-order valence-electron chi connectivity index (χ4n) is 6.55. The van der Waals surface area contributed by atoms with Crippen LogP contribution in [-0.2, 0) is 19.1 Å². The summed E-state index contributed by atoms with van der Waals surface area (Å²) in [5.41, 5.74) is -2.08. The molecule has 192 valence electrons. The Kier molecular flexibility index (Phi) is 8.45. The van der Waals surface area contributed by atoms with Crippen molar-refractivity contribution in [2.45, 2.75) is 89.4 Å². The molecule has 3 fully saturated rings. The minimum Gasteiger partial charge on any atom is -0.481 e. The Labute approximate surface area is 203 Å². The lowest BCUT2D eigenvalue weighted by Gasteiger charge is -2.37. The van der Waals surface area contributed by atoms with Crippen LogP contribution in [0.15, 0.2) is 12.7 Å². The van der Waals surface area contributed by atoms with Gasteiger partial charge in [-0.05, 0) is 38.5 Å². The maximum Gasteiger partial charge on any atom is 0.310 e. The van der Waals surface area contributed by atoms with Gasteiger partial charge >= 0.3 is 5.97 Å². The second-order valence-corrected chi connectivity index (χ2v) is 10.5. The first-order valence-electron chi connectivity index (χ1n) is 12.9. The van der Waals surface area contributed by atoms with Gasteiger partial charge in [-0.25, -0.2) is 0 Å². The number of nitrogens with zero attached hydrogens (tertiary/aromatic N) is 2. The Morgan fingerprint density at radius 3 is 2.56 bits per heavy atom. The van der Waals surface area contributed by atoms with E-state index >= 15 is 0 Å². The number of carbonyl (C=O) groups is 3. The molecule has 3 unspecified atom stereocenters. The lowest BCUT2D eigenvalue weighted by molar-refractivity contribution is -0.157. The summed E-state index contributed by atoms with van der Waals surface area (Å²) in [6, 6.07) is -0.821. The molecule has 6 atom stereocenters. The van der Waals surface area contributed by atoms with E-state index in [1.807, 2.05) is 6.92 Å². The minimum absolute atomic E-state index is 0.0783. The number of fused-ring (bicyclic) bond motifs is 1. The molecule has 2 bridgehead atoms. The van der Waals surface area contributed by atoms with Crippen LogP contribution in [0.2, 0.25) is 0 Å². The molecule has 2 N–H and O–H groups in total. The monoisotopic (exact) mass is 478 g/mol. The SMILES string of the molecule is C=CCN(CCCCC)C(=O)C1N(CCCCCCO)C(=O)[C@@H]2[C@@H](C(=O)O)[C@]3(C)OC12CC3C. The van der Waals surface area contributed by atoms with Crippen molar-refractivity contribution in [1.29, 1.82) is 0 Å². The summed E-state index contributed by atoms with van der Waals surface area (Å²) in [6.07, 6.45) is 8.16. The van der Waals surface area contributed by atoms with Crippen molar-refractivity contribution < 1.29 is 29.3 Å². The molecule has 3 rings (SSSR count). The largest absolute Gasteiger partial charge is 0.481 e. The predicted molar refractivity (Wildman–Crippen MR) is 128 cm³/mol. The molecule has 3 aliphatic rings. The lowest BCUT2D eigenvalue weighted by atomic mass is 9.62. The van der Waals surface area contributed by atoms with E-state index in [0.29, 0.717) is 38.9 Å². The van der Waals surface area contributed by atoms with E-state index < -0.39 is 35.0 Å². The van der Waals surface area contributed by atoms with Gasteiger partial charge in [0.25, 0.3) is 0 Å². The van der Waals surface area contributed by atoms with Crippen molar-refractivity contribution in [3.63, 3.8) is 0 Å². The fourth-order valence-corrected chi connectivity index (χ4v) is 6.55. The molecule has 8 nitrogen and oxygen atoms in total. The highest BCUT2D eigenvalue weighted by Gasteiger charge is 2.80. The van der Waals surface area contributed by atoms with Crippen LogP contribution >= 0.6 is 0 Å². The van der Waals surface area contributed by atoms with Gasteiger partial charge in [0.05, 0.1) is 11.5 Å². The number of carboxylic acids is 1. The van der Waals surface area contributed by atoms with E-state index in [2.05, 4.69) is 13.5 Å². The van der Waals surface area contributed by atoms with Crippen molar-refractivity contribution in [3.05, 3.63) is 12.7 Å². The number of likely N-dealkylation sites (tertiary alicyclic amines) is 1. The molecular formula is C26H42N2O6. The highest BCUT2D eigenvalue weighted by molar-refractivity contribution is 5.98. The van der Waals surface area contributed by atoms with Gasteiger partial charge in [-0.2, -0.15) is 0 Å². The molecule has 3 aliphatic heterocycles. The number of unbranched alkanes of at least 4 members (excludes halogenated alkanes) is 5. The van der Waals surface area contributed by atoms with E-state index in [9.17, 15) is 19.5 Å². The van der Waals surface area contributed by atoms with Crippen molar-refractivity contribution in [3.8, 4) is 0 Å². The van der Waals surface area contributed by atoms with Gasteiger partial charge in [0.1, 0.15) is 17.6 Å². The average molecular weight is 479 g/mol. The van der Waals surface area contributed by atoms with E-state index in [4.69, 9.17) is 9.84 Å². The third-order valence-corrected chi connectivity index (χ3v) is 8.31. The van der Waals surface area contributed by atoms with Gasteiger partial charge in [-0.1, -0.05) is 45.6 Å². The van der Waals surface area contributed by atoms with Crippen molar-refractivity contribution in [2.24, 2.45) is 17.8 Å². The first kappa shape index (κ1) is 26.7. The fraction of sp³-hybridized carbons (Fsp3) is 0.808. The summed E-state index contributed by atoms with van der Waals surface area (Å²) in [4.78, 5) is 43.6. The molecule has 0 radical (unpaired) electrons. The highest BCUT2D eigenvalue weighted by Crippen LogP contribution is 2.65. The van der Waals surface area contributed by atoms with Crippen LogP contribution in [0.5, 0.6) is 0 Å². The molecule has 34 heavy (non-hydrogen) atoms. The number of amides is 2. The van der Waals surface area contributed by atoms with Crippen molar-refractivity contribution >= 4 is 17.8 Å². The molecule has 0 aromatic heterocycles. The molecule has 0 aliphatic carbocycles. The number of hydrogen-bond donors (Lipinski definition) is 2. The Hall–Kier alpha value is -1.93. The Morgan fingerprint density at radius 1 is 1.24 bits per heavy atom. The third kappa shape index (κ3) is 4.39. The average Bonchev–Trinajstić information content (AvgIpc) is 3.29. The molecule has 1 spiro atoms. The zero-order chi connectivity index (χ0) is 25.1. The predicted octanol–water partition coefficient (Wildman–Crippen LogP) is 2.84. The molecule has 3 saturated heterocycles. The summed E-state index contributed by atoms with van der Waals surface area (Å²) < 4.78 is 6.54. The second-order valence-electron chi connectivity index (χ2n) is 10.5. The van der Waals surface area contributed by atoms with Gasteiger partial charge in [-0.3, -0.25) is 14.4 Å². The minimum atomic E-state index is -1.11. The second kappa shape index (κ2) is 10.8. The number of aliphatic hydroxyl groups is 1. The molecular weight excluding hydrogens is 436 g/mol. The number of carboxylic acid groups (broad SMARTS) is 1. The Balaban J connectivity index is 1.96. The standard InChI is InChI=1S/C26H42N2O6/c1-5-7-10-14-27(13-6-2)23(31)21-26-17-18(3)25(4,34-26)20(24(32)33)19(26)22(30)28(21)15-11-8-9-12-16-29/h6,18-21,29H,2,5,7-17H2,1,3-4H3,(H,32,33)/t18?,19-,20-,21?,25+,26?/m0/s1. The summed E-state index contributed by atoms with van der Waals surface area (Å²) in [5.74, 6) is -3.35. The summed E-state index contributed by atoms with van der Waals surface area (Å²) in [5, 5.41) is 19.2. The Bertz CT molecular complexity index is 787. The van der Waals surface area contributed by atoms with Crippen LogP contribution in [0.25, 0.3) is 0 Å². The number of rotatable bonds is 14. The number of hydrogen-bond acceptors (Lipinski definition) is 5. The van der Waals surface area contributed by atoms with Crippen LogP contribution in [0.3, 0.4) is 0 Å². The highest BCUT2D eigenvalue weighted by atomic mass is 16.5. The van der Waals surface area contributed by atoms with Gasteiger partial charge in [0.15, 0.2) is 0 Å². The molecule has 2 amide bonds. The van der Waals surface area contributed by atoms with Gasteiger partial charge in [-0.15, -0.1) is 6.58 Å². The van der Waals surface area contributed by atoms with E-state index in [1.165, 1.54) is 0 Å². The maximum absolute atomic E-state index is 14.1. The zero-order valence-electron chi connectivity index (χ0n) is 21.0. The first-order chi connectivity index (χ1) is 16.2.